The van der Waals surface area contributed by atoms with Gasteiger partial charge in [0, 0.05) is 5.69 Å². The van der Waals surface area contributed by atoms with E-state index in [-0.39, 0.29) is 18.7 Å². The highest BCUT2D eigenvalue weighted by Crippen LogP contribution is 2.16. The summed E-state index contributed by atoms with van der Waals surface area (Å²) in [4.78, 5) is 11.5. The molecule has 0 aliphatic rings. The third-order valence-electron chi connectivity index (χ3n) is 3.11. The fourth-order valence-electron chi connectivity index (χ4n) is 1.82. The number of aryl methyl sites for hydroxylation is 1. The largest absolute Gasteiger partial charge is 0.445 e. The van der Waals surface area contributed by atoms with Gasteiger partial charge in [-0.2, -0.15) is 0 Å². The smallest absolute Gasteiger partial charge is 0.408 e. The molecule has 0 atom stereocenters. The van der Waals surface area contributed by atoms with Gasteiger partial charge < -0.3 is 15.8 Å². The van der Waals surface area contributed by atoms with Gasteiger partial charge in [0.15, 0.2) is 0 Å². The Bertz CT molecular complexity index is 749. The molecule has 2 aromatic carbocycles. The standard InChI is InChI=1S/C18H17FN2O2/c1-13-10-16(19)15(11-17(13)20)8-5-9-21-18(22)23-12-14-6-3-2-4-7-14/h2-4,6-7,10-11H,9,12,20H2,1H3,(H,21,22). The molecule has 5 heteroatoms. The molecule has 0 aliphatic heterocycles. The number of nitrogens with two attached hydrogens (primary N) is 1. The zero-order valence-corrected chi connectivity index (χ0v) is 12.7. The Balaban J connectivity index is 1.81. The van der Waals surface area contributed by atoms with E-state index in [0.717, 1.165) is 5.56 Å². The molecular formula is C18H17FN2O2. The normalized spacial score (nSPS) is 9.65. The van der Waals surface area contributed by atoms with E-state index >= 15 is 0 Å². The number of nitrogen functional groups attached to an aromatic ring is 1. The molecule has 0 heterocycles. The van der Waals surface area contributed by atoms with Crippen molar-refractivity contribution < 1.29 is 13.9 Å². The minimum atomic E-state index is -0.577. The molecule has 118 valence electrons. The topological polar surface area (TPSA) is 64.3 Å². The van der Waals surface area contributed by atoms with Crippen molar-refractivity contribution in [2.24, 2.45) is 0 Å². The van der Waals surface area contributed by atoms with Crippen molar-refractivity contribution >= 4 is 11.8 Å². The molecule has 0 saturated heterocycles. The minimum absolute atomic E-state index is 0.0564. The summed E-state index contributed by atoms with van der Waals surface area (Å²) in [6.45, 7) is 1.96. The predicted octanol–water partition coefficient (Wildman–Crippen LogP) is 2.99. The van der Waals surface area contributed by atoms with E-state index in [9.17, 15) is 9.18 Å². The van der Waals surface area contributed by atoms with E-state index < -0.39 is 11.9 Å². The second kappa shape index (κ2) is 7.85. The molecule has 0 fully saturated rings. The van der Waals surface area contributed by atoms with Crippen molar-refractivity contribution in [2.75, 3.05) is 12.3 Å². The quantitative estimate of drug-likeness (QED) is 0.676. The molecule has 0 bridgehead atoms. The van der Waals surface area contributed by atoms with Crippen molar-refractivity contribution in [3.05, 3.63) is 65.0 Å². The zero-order valence-electron chi connectivity index (χ0n) is 12.7. The molecule has 1 amide bonds. The lowest BCUT2D eigenvalue weighted by molar-refractivity contribution is 0.141. The SMILES string of the molecule is Cc1cc(F)c(C#CCNC(=O)OCc2ccccc2)cc1N. The summed E-state index contributed by atoms with van der Waals surface area (Å²) < 4.78 is 18.7. The number of benzene rings is 2. The molecular weight excluding hydrogens is 295 g/mol. The minimum Gasteiger partial charge on any atom is -0.445 e. The average Bonchev–Trinajstić information content (AvgIpc) is 2.55. The molecule has 0 aromatic heterocycles. The number of ether oxygens (including phenoxy) is 1. The third-order valence-corrected chi connectivity index (χ3v) is 3.11. The molecule has 23 heavy (non-hydrogen) atoms. The van der Waals surface area contributed by atoms with Gasteiger partial charge in [-0.3, -0.25) is 0 Å². The Morgan fingerprint density at radius 1 is 1.30 bits per heavy atom. The zero-order chi connectivity index (χ0) is 16.7. The summed E-state index contributed by atoms with van der Waals surface area (Å²) in [5, 5.41) is 2.48. The van der Waals surface area contributed by atoms with Gasteiger partial charge in [-0.15, -0.1) is 0 Å². The summed E-state index contributed by atoms with van der Waals surface area (Å²) in [5.41, 5.74) is 7.95. The Morgan fingerprint density at radius 2 is 2.04 bits per heavy atom. The lowest BCUT2D eigenvalue weighted by Gasteiger charge is -2.04. The van der Waals surface area contributed by atoms with Crippen LogP contribution in [0.1, 0.15) is 16.7 Å². The number of hydrogen-bond acceptors (Lipinski definition) is 3. The van der Waals surface area contributed by atoms with Crippen LogP contribution in [0.4, 0.5) is 14.9 Å². The summed E-state index contributed by atoms with van der Waals surface area (Å²) >= 11 is 0. The number of rotatable bonds is 3. The van der Waals surface area contributed by atoms with Gasteiger partial charge in [0.2, 0.25) is 0 Å². The van der Waals surface area contributed by atoms with Crippen LogP contribution in [-0.4, -0.2) is 12.6 Å². The van der Waals surface area contributed by atoms with Gasteiger partial charge in [-0.25, -0.2) is 9.18 Å². The van der Waals surface area contributed by atoms with Crippen molar-refractivity contribution in [1.29, 1.82) is 0 Å². The number of amides is 1. The Morgan fingerprint density at radius 3 is 2.78 bits per heavy atom. The first-order valence-corrected chi connectivity index (χ1v) is 7.05. The van der Waals surface area contributed by atoms with E-state index in [1.807, 2.05) is 30.3 Å². The number of nitrogens with one attached hydrogen (secondary N) is 1. The Kier molecular flexibility index (Phi) is 5.59. The van der Waals surface area contributed by atoms with Gasteiger partial charge in [-0.1, -0.05) is 42.2 Å². The van der Waals surface area contributed by atoms with Gasteiger partial charge in [0.25, 0.3) is 0 Å². The summed E-state index contributed by atoms with van der Waals surface area (Å²) in [7, 11) is 0. The van der Waals surface area contributed by atoms with E-state index in [4.69, 9.17) is 10.5 Å². The predicted molar refractivity (Wildman–Crippen MR) is 87.1 cm³/mol. The van der Waals surface area contributed by atoms with Crippen LogP contribution >= 0.6 is 0 Å². The van der Waals surface area contributed by atoms with Crippen molar-refractivity contribution in [2.45, 2.75) is 13.5 Å². The van der Waals surface area contributed by atoms with Crippen LogP contribution in [0.2, 0.25) is 0 Å². The monoisotopic (exact) mass is 312 g/mol. The van der Waals surface area contributed by atoms with Gasteiger partial charge in [0.1, 0.15) is 12.4 Å². The molecule has 0 saturated carbocycles. The maximum absolute atomic E-state index is 13.7. The summed E-state index contributed by atoms with van der Waals surface area (Å²) in [6.07, 6.45) is -0.577. The van der Waals surface area contributed by atoms with Crippen LogP contribution in [0.3, 0.4) is 0 Å². The average molecular weight is 312 g/mol. The highest BCUT2D eigenvalue weighted by atomic mass is 19.1. The number of carbonyl (C=O) groups is 1. The lowest BCUT2D eigenvalue weighted by atomic mass is 10.1. The van der Waals surface area contributed by atoms with E-state index in [2.05, 4.69) is 17.2 Å². The maximum atomic E-state index is 13.7. The van der Waals surface area contributed by atoms with Crippen LogP contribution in [0, 0.1) is 24.6 Å². The van der Waals surface area contributed by atoms with E-state index in [1.165, 1.54) is 12.1 Å². The van der Waals surface area contributed by atoms with E-state index in [1.54, 1.807) is 6.92 Å². The van der Waals surface area contributed by atoms with Crippen LogP contribution in [-0.2, 0) is 11.3 Å². The summed E-state index contributed by atoms with van der Waals surface area (Å²) in [5.74, 6) is 4.86. The Hall–Kier alpha value is -3.00. The number of halogens is 1. The van der Waals surface area contributed by atoms with Gasteiger partial charge in [0.05, 0.1) is 12.1 Å². The van der Waals surface area contributed by atoms with Crippen LogP contribution < -0.4 is 11.1 Å². The summed E-state index contributed by atoms with van der Waals surface area (Å²) in [6, 6.07) is 12.1. The first-order valence-electron chi connectivity index (χ1n) is 7.05. The fourth-order valence-corrected chi connectivity index (χ4v) is 1.82. The number of anilines is 1. The Labute approximate surface area is 134 Å². The lowest BCUT2D eigenvalue weighted by Crippen LogP contribution is -2.24. The molecule has 0 spiro atoms. The molecule has 2 aromatic rings. The number of carbonyl (C=O) groups excluding carboxylic acids is 1. The second-order valence-electron chi connectivity index (χ2n) is 4.91. The van der Waals surface area contributed by atoms with Crippen molar-refractivity contribution in [3.63, 3.8) is 0 Å². The van der Waals surface area contributed by atoms with Crippen molar-refractivity contribution in [3.8, 4) is 11.8 Å². The second-order valence-corrected chi connectivity index (χ2v) is 4.91. The third kappa shape index (κ3) is 5.04. The van der Waals surface area contributed by atoms with Crippen molar-refractivity contribution in [1.82, 2.24) is 5.32 Å². The van der Waals surface area contributed by atoms with Crippen LogP contribution in [0.15, 0.2) is 42.5 Å². The molecule has 0 radical (unpaired) electrons. The van der Waals surface area contributed by atoms with Crippen LogP contribution in [0.25, 0.3) is 0 Å². The molecule has 2 rings (SSSR count). The van der Waals surface area contributed by atoms with Gasteiger partial charge in [-0.05, 0) is 30.2 Å². The molecule has 0 unspecified atom stereocenters. The molecule has 4 nitrogen and oxygen atoms in total. The molecule has 3 N–H and O–H groups in total. The first kappa shape index (κ1) is 16.4. The highest BCUT2D eigenvalue weighted by Gasteiger charge is 2.03. The van der Waals surface area contributed by atoms with Crippen LogP contribution in [0.5, 0.6) is 0 Å². The molecule has 0 aliphatic carbocycles. The number of hydrogen-bond donors (Lipinski definition) is 2. The van der Waals surface area contributed by atoms with E-state index in [0.29, 0.717) is 11.3 Å². The fraction of sp³-hybridized carbons (Fsp3) is 0.167. The number of alkyl carbamates (subject to hydrolysis) is 1. The van der Waals surface area contributed by atoms with Gasteiger partial charge >= 0.3 is 6.09 Å². The first-order chi connectivity index (χ1) is 11.1. The maximum Gasteiger partial charge on any atom is 0.408 e. The highest BCUT2D eigenvalue weighted by molar-refractivity contribution is 5.67.